The van der Waals surface area contributed by atoms with Gasteiger partial charge in [0.15, 0.2) is 0 Å². The van der Waals surface area contributed by atoms with Gasteiger partial charge in [0.1, 0.15) is 5.54 Å². The Morgan fingerprint density at radius 3 is 2.50 bits per heavy atom. The Bertz CT molecular complexity index is 867. The number of carbonyl (C=O) groups is 3. The molecule has 0 spiro atoms. The minimum absolute atomic E-state index is 0.287. The molecule has 134 valence electrons. The number of rotatable bonds is 3. The molecule has 6 nitrogen and oxygen atoms in total. The van der Waals surface area contributed by atoms with Gasteiger partial charge in [-0.05, 0) is 30.5 Å². The molecule has 2 saturated heterocycles. The Kier molecular flexibility index (Phi) is 3.93. The summed E-state index contributed by atoms with van der Waals surface area (Å²) in [4.78, 5) is 41.1. The van der Waals surface area contributed by atoms with Crippen molar-refractivity contribution in [2.24, 2.45) is 11.8 Å². The largest absolute Gasteiger partial charge is 0.468 e. The van der Waals surface area contributed by atoms with Crippen molar-refractivity contribution >= 4 is 34.8 Å². The van der Waals surface area contributed by atoms with Crippen molar-refractivity contribution in [2.75, 3.05) is 12.0 Å². The molecule has 26 heavy (non-hydrogen) atoms. The number of hydrogen-bond donors (Lipinski definition) is 1. The maximum atomic E-state index is 13.2. The fraction of sp³-hybridized carbons (Fsp3) is 0.316. The van der Waals surface area contributed by atoms with Crippen molar-refractivity contribution in [1.29, 1.82) is 0 Å². The van der Waals surface area contributed by atoms with Crippen LogP contribution in [0.1, 0.15) is 17.8 Å². The van der Waals surface area contributed by atoms with Crippen LogP contribution >= 0.6 is 11.3 Å². The number of imide groups is 1. The molecule has 0 saturated carbocycles. The molecule has 2 fully saturated rings. The summed E-state index contributed by atoms with van der Waals surface area (Å²) in [6, 6.07) is 12.2. The topological polar surface area (TPSA) is 75.7 Å². The number of fused-ring (bicyclic) bond motifs is 1. The second-order valence-electron chi connectivity index (χ2n) is 6.68. The molecule has 7 heteroatoms. The van der Waals surface area contributed by atoms with Crippen molar-refractivity contribution in [1.82, 2.24) is 5.32 Å². The van der Waals surface area contributed by atoms with Crippen LogP contribution in [0.3, 0.4) is 0 Å². The Hall–Kier alpha value is -2.51. The summed E-state index contributed by atoms with van der Waals surface area (Å²) in [5.41, 5.74) is -0.737. The Labute approximate surface area is 154 Å². The van der Waals surface area contributed by atoms with Gasteiger partial charge in [-0.3, -0.25) is 19.7 Å². The van der Waals surface area contributed by atoms with Crippen LogP contribution in [0.4, 0.5) is 5.69 Å². The first-order valence-electron chi connectivity index (χ1n) is 8.31. The highest BCUT2D eigenvalue weighted by molar-refractivity contribution is 7.10. The molecule has 2 aliphatic heterocycles. The van der Waals surface area contributed by atoms with Gasteiger partial charge in [0, 0.05) is 4.88 Å². The zero-order valence-corrected chi connectivity index (χ0v) is 15.2. The molecule has 3 heterocycles. The first-order valence-corrected chi connectivity index (χ1v) is 9.19. The maximum absolute atomic E-state index is 13.2. The normalized spacial score (nSPS) is 30.5. The minimum Gasteiger partial charge on any atom is -0.468 e. The standard InChI is InChI=1S/C19H18N2O4S/c1-19(18(24)25-2)14-13(15(20-19)12-9-6-10-26-12)16(22)21(17(14)23)11-7-4-3-5-8-11/h3-10,13-15,20H,1-2H3. The minimum atomic E-state index is -1.26. The number of hydrogen-bond acceptors (Lipinski definition) is 6. The van der Waals surface area contributed by atoms with E-state index in [1.165, 1.54) is 23.3 Å². The average Bonchev–Trinajstić information content (AvgIpc) is 3.33. The lowest BCUT2D eigenvalue weighted by atomic mass is 9.81. The monoisotopic (exact) mass is 370 g/mol. The zero-order valence-electron chi connectivity index (χ0n) is 14.3. The molecule has 2 amide bonds. The van der Waals surface area contributed by atoms with E-state index in [-0.39, 0.29) is 11.8 Å². The van der Waals surface area contributed by atoms with Crippen LogP contribution in [0.5, 0.6) is 0 Å². The number of carbonyl (C=O) groups excluding carboxylic acids is 3. The third kappa shape index (κ3) is 2.24. The lowest BCUT2D eigenvalue weighted by Gasteiger charge is -2.28. The highest BCUT2D eigenvalue weighted by atomic mass is 32.1. The molecule has 4 atom stereocenters. The quantitative estimate of drug-likeness (QED) is 0.662. The summed E-state index contributed by atoms with van der Waals surface area (Å²) in [5.74, 6) is -2.65. The fourth-order valence-corrected chi connectivity index (χ4v) is 4.91. The number of para-hydroxylation sites is 1. The molecule has 0 bridgehead atoms. The van der Waals surface area contributed by atoms with Crippen LogP contribution in [0.25, 0.3) is 0 Å². The number of benzene rings is 1. The van der Waals surface area contributed by atoms with Crippen LogP contribution in [-0.4, -0.2) is 30.4 Å². The van der Waals surface area contributed by atoms with E-state index in [0.29, 0.717) is 5.69 Å². The van der Waals surface area contributed by atoms with E-state index in [0.717, 1.165) is 4.88 Å². The van der Waals surface area contributed by atoms with Gasteiger partial charge in [-0.25, -0.2) is 4.90 Å². The number of esters is 1. The van der Waals surface area contributed by atoms with Gasteiger partial charge in [-0.2, -0.15) is 0 Å². The number of ether oxygens (including phenoxy) is 1. The second-order valence-corrected chi connectivity index (χ2v) is 7.66. The average molecular weight is 370 g/mol. The SMILES string of the molecule is COC(=O)C1(C)NC(c2cccs2)C2C(=O)N(c3ccccc3)C(=O)C21. The molecule has 4 rings (SSSR count). The van der Waals surface area contributed by atoms with Gasteiger partial charge < -0.3 is 4.74 Å². The van der Waals surface area contributed by atoms with E-state index >= 15 is 0 Å². The zero-order chi connectivity index (χ0) is 18.5. The third-order valence-electron chi connectivity index (χ3n) is 5.26. The summed E-state index contributed by atoms with van der Waals surface area (Å²) in [6.45, 7) is 1.64. The van der Waals surface area contributed by atoms with Crippen LogP contribution in [0, 0.1) is 11.8 Å². The molecule has 2 aromatic rings. The Balaban J connectivity index is 1.83. The predicted molar refractivity (Wildman–Crippen MR) is 96.5 cm³/mol. The predicted octanol–water partition coefficient (Wildman–Crippen LogP) is 2.13. The van der Waals surface area contributed by atoms with E-state index in [4.69, 9.17) is 4.74 Å². The van der Waals surface area contributed by atoms with Gasteiger partial charge in [-0.1, -0.05) is 24.3 Å². The third-order valence-corrected chi connectivity index (χ3v) is 6.22. The Morgan fingerprint density at radius 2 is 1.88 bits per heavy atom. The van der Waals surface area contributed by atoms with E-state index in [9.17, 15) is 14.4 Å². The number of amides is 2. The van der Waals surface area contributed by atoms with Crippen LogP contribution in [-0.2, 0) is 19.1 Å². The highest BCUT2D eigenvalue weighted by Crippen LogP contribution is 2.50. The fourth-order valence-electron chi connectivity index (χ4n) is 4.08. The van der Waals surface area contributed by atoms with E-state index in [1.807, 2.05) is 23.6 Å². The van der Waals surface area contributed by atoms with Crippen molar-refractivity contribution in [3.05, 3.63) is 52.7 Å². The second kappa shape index (κ2) is 6.03. The number of nitrogens with one attached hydrogen (secondary N) is 1. The van der Waals surface area contributed by atoms with Crippen LogP contribution < -0.4 is 10.2 Å². The summed E-state index contributed by atoms with van der Waals surface area (Å²) >= 11 is 1.49. The summed E-state index contributed by atoms with van der Waals surface area (Å²) in [5, 5.41) is 5.14. The van der Waals surface area contributed by atoms with Gasteiger partial charge in [0.2, 0.25) is 11.8 Å². The maximum Gasteiger partial charge on any atom is 0.326 e. The highest BCUT2D eigenvalue weighted by Gasteiger charge is 2.67. The first-order chi connectivity index (χ1) is 12.5. The van der Waals surface area contributed by atoms with Gasteiger partial charge >= 0.3 is 5.97 Å². The molecule has 1 N–H and O–H groups in total. The molecule has 4 unspecified atom stereocenters. The molecule has 0 aliphatic carbocycles. The van der Waals surface area contributed by atoms with Crippen LogP contribution in [0.15, 0.2) is 47.8 Å². The van der Waals surface area contributed by atoms with Crippen molar-refractivity contribution in [3.63, 3.8) is 0 Å². The van der Waals surface area contributed by atoms with E-state index in [1.54, 1.807) is 31.2 Å². The number of nitrogens with zero attached hydrogens (tertiary/aromatic N) is 1. The van der Waals surface area contributed by atoms with E-state index < -0.39 is 29.4 Å². The summed E-state index contributed by atoms with van der Waals surface area (Å²) in [6.07, 6.45) is 0. The Morgan fingerprint density at radius 1 is 1.15 bits per heavy atom. The van der Waals surface area contributed by atoms with E-state index in [2.05, 4.69) is 5.32 Å². The number of methoxy groups -OCH3 is 1. The smallest absolute Gasteiger partial charge is 0.326 e. The van der Waals surface area contributed by atoms with Crippen LogP contribution in [0.2, 0.25) is 0 Å². The molecule has 0 radical (unpaired) electrons. The van der Waals surface area contributed by atoms with Gasteiger partial charge in [-0.15, -0.1) is 11.3 Å². The van der Waals surface area contributed by atoms with Crippen molar-refractivity contribution in [3.8, 4) is 0 Å². The molecular formula is C19H18N2O4S. The first kappa shape index (κ1) is 16.9. The lowest BCUT2D eigenvalue weighted by molar-refractivity contribution is -0.151. The van der Waals surface area contributed by atoms with Crippen molar-refractivity contribution in [2.45, 2.75) is 18.5 Å². The van der Waals surface area contributed by atoms with Crippen molar-refractivity contribution < 1.29 is 19.1 Å². The molecule has 1 aromatic carbocycles. The molecule has 1 aromatic heterocycles. The summed E-state index contributed by atoms with van der Waals surface area (Å²) < 4.78 is 4.96. The lowest BCUT2D eigenvalue weighted by Crippen LogP contribution is -2.54. The summed E-state index contributed by atoms with van der Waals surface area (Å²) in [7, 11) is 1.29. The van der Waals surface area contributed by atoms with Gasteiger partial charge in [0.05, 0.1) is 30.7 Å². The molecular weight excluding hydrogens is 352 g/mol. The number of thiophene rings is 1. The van der Waals surface area contributed by atoms with Gasteiger partial charge in [0.25, 0.3) is 0 Å². The number of anilines is 1. The molecule has 2 aliphatic rings.